The van der Waals surface area contributed by atoms with E-state index in [0.29, 0.717) is 5.69 Å². The topological polar surface area (TPSA) is 94.9 Å². The molecular weight excluding hydrogens is 206 g/mol. The third-order valence-corrected chi connectivity index (χ3v) is 2.42. The van der Waals surface area contributed by atoms with Crippen molar-refractivity contribution < 1.29 is 5.11 Å². The van der Waals surface area contributed by atoms with Gasteiger partial charge in [-0.2, -0.15) is 0 Å². The summed E-state index contributed by atoms with van der Waals surface area (Å²) in [5, 5.41) is 8.96. The zero-order valence-corrected chi connectivity index (χ0v) is 8.60. The van der Waals surface area contributed by atoms with Gasteiger partial charge in [-0.1, -0.05) is 18.2 Å². The van der Waals surface area contributed by atoms with Gasteiger partial charge < -0.3 is 20.8 Å². The summed E-state index contributed by atoms with van der Waals surface area (Å²) >= 11 is 0. The minimum absolute atomic E-state index is 0.104. The van der Waals surface area contributed by atoms with E-state index in [1.54, 1.807) is 6.20 Å². The van der Waals surface area contributed by atoms with Crippen LogP contribution >= 0.6 is 0 Å². The minimum Gasteiger partial charge on any atom is -0.394 e. The zero-order valence-electron chi connectivity index (χ0n) is 8.60. The molecule has 1 aromatic carbocycles. The van der Waals surface area contributed by atoms with Crippen LogP contribution in [0.15, 0.2) is 35.3 Å². The Morgan fingerprint density at radius 3 is 2.88 bits per heavy atom. The Hall–Kier alpha value is -1.85. The molecule has 5 heteroatoms. The first-order valence-electron chi connectivity index (χ1n) is 4.95. The molecule has 5 nitrogen and oxygen atoms in total. The van der Waals surface area contributed by atoms with Gasteiger partial charge in [-0.3, -0.25) is 0 Å². The smallest absolute Gasteiger partial charge is 0.323 e. The van der Waals surface area contributed by atoms with Crippen molar-refractivity contribution in [2.24, 2.45) is 5.73 Å². The van der Waals surface area contributed by atoms with Crippen molar-refractivity contribution in [3.8, 4) is 11.3 Å². The highest BCUT2D eigenvalue weighted by molar-refractivity contribution is 5.59. The van der Waals surface area contributed by atoms with Crippen LogP contribution in [-0.2, 0) is 0 Å². The number of H-pyrrole nitrogens is 2. The van der Waals surface area contributed by atoms with Crippen molar-refractivity contribution in [3.63, 3.8) is 0 Å². The largest absolute Gasteiger partial charge is 0.394 e. The summed E-state index contributed by atoms with van der Waals surface area (Å²) < 4.78 is 0. The van der Waals surface area contributed by atoms with Gasteiger partial charge in [0.15, 0.2) is 0 Å². The Balaban J connectivity index is 2.39. The lowest BCUT2D eigenvalue weighted by Gasteiger charge is -2.09. The Bertz CT molecular complexity index is 530. The van der Waals surface area contributed by atoms with Gasteiger partial charge in [0, 0.05) is 6.20 Å². The number of benzene rings is 1. The van der Waals surface area contributed by atoms with Gasteiger partial charge in [0.25, 0.3) is 0 Å². The fourth-order valence-corrected chi connectivity index (χ4v) is 1.53. The average Bonchev–Trinajstić information content (AvgIpc) is 2.75. The number of hydrogen-bond donors (Lipinski definition) is 4. The van der Waals surface area contributed by atoms with Crippen molar-refractivity contribution in [3.05, 3.63) is 46.5 Å². The SMILES string of the molecule is NC(CO)c1cccc(-c2c[nH]c(=O)[nH]2)c1. The number of rotatable bonds is 3. The third kappa shape index (κ3) is 2.05. The van der Waals surface area contributed by atoms with E-state index in [9.17, 15) is 4.79 Å². The monoisotopic (exact) mass is 219 g/mol. The van der Waals surface area contributed by atoms with Gasteiger partial charge in [0.1, 0.15) is 0 Å². The molecule has 2 rings (SSSR count). The maximum atomic E-state index is 11.0. The average molecular weight is 219 g/mol. The van der Waals surface area contributed by atoms with Gasteiger partial charge in [0.2, 0.25) is 0 Å². The lowest BCUT2D eigenvalue weighted by molar-refractivity contribution is 0.268. The van der Waals surface area contributed by atoms with Gasteiger partial charge in [-0.25, -0.2) is 4.79 Å². The Kier molecular flexibility index (Phi) is 2.89. The maximum absolute atomic E-state index is 11.0. The van der Waals surface area contributed by atoms with E-state index in [4.69, 9.17) is 10.8 Å². The van der Waals surface area contributed by atoms with E-state index in [0.717, 1.165) is 11.1 Å². The Morgan fingerprint density at radius 1 is 1.44 bits per heavy atom. The summed E-state index contributed by atoms with van der Waals surface area (Å²) in [6, 6.07) is 7.00. The van der Waals surface area contributed by atoms with E-state index in [1.807, 2.05) is 24.3 Å². The van der Waals surface area contributed by atoms with Gasteiger partial charge in [-0.05, 0) is 17.2 Å². The summed E-state index contributed by atoms with van der Waals surface area (Å²) in [7, 11) is 0. The van der Waals surface area contributed by atoms with Crippen LogP contribution in [0, 0.1) is 0 Å². The number of aliphatic hydroxyl groups excluding tert-OH is 1. The van der Waals surface area contributed by atoms with E-state index in [-0.39, 0.29) is 12.3 Å². The lowest BCUT2D eigenvalue weighted by Crippen LogP contribution is -2.14. The molecule has 1 aromatic heterocycles. The van der Waals surface area contributed by atoms with E-state index in [2.05, 4.69) is 9.97 Å². The minimum atomic E-state index is -0.398. The Labute approximate surface area is 91.9 Å². The molecule has 0 spiro atoms. The third-order valence-electron chi connectivity index (χ3n) is 2.42. The summed E-state index contributed by atoms with van der Waals surface area (Å²) in [5.41, 5.74) is 7.87. The van der Waals surface area contributed by atoms with Crippen molar-refractivity contribution >= 4 is 0 Å². The van der Waals surface area contributed by atoms with Crippen molar-refractivity contribution in [2.75, 3.05) is 6.61 Å². The molecule has 1 unspecified atom stereocenters. The number of aromatic amines is 2. The van der Waals surface area contributed by atoms with Crippen molar-refractivity contribution in [1.29, 1.82) is 0 Å². The van der Waals surface area contributed by atoms with Gasteiger partial charge in [-0.15, -0.1) is 0 Å². The lowest BCUT2D eigenvalue weighted by atomic mass is 10.0. The van der Waals surface area contributed by atoms with E-state index < -0.39 is 6.04 Å². The highest BCUT2D eigenvalue weighted by Crippen LogP contribution is 2.19. The predicted octanol–water partition coefficient (Wildman–Crippen LogP) is 0.362. The van der Waals surface area contributed by atoms with E-state index >= 15 is 0 Å². The molecule has 5 N–H and O–H groups in total. The molecule has 84 valence electrons. The maximum Gasteiger partial charge on any atom is 0.323 e. The summed E-state index contributed by atoms with van der Waals surface area (Å²) in [5.74, 6) is 0. The first kappa shape index (κ1) is 10.7. The predicted molar refractivity (Wildman–Crippen MR) is 60.9 cm³/mol. The number of nitrogens with one attached hydrogen (secondary N) is 2. The van der Waals surface area contributed by atoms with Gasteiger partial charge in [0.05, 0.1) is 18.3 Å². The van der Waals surface area contributed by atoms with Crippen molar-refractivity contribution in [1.82, 2.24) is 9.97 Å². The second kappa shape index (κ2) is 4.34. The molecule has 0 saturated carbocycles. The molecule has 1 heterocycles. The fourth-order valence-electron chi connectivity index (χ4n) is 1.53. The van der Waals surface area contributed by atoms with Crippen LogP contribution in [0.3, 0.4) is 0 Å². The van der Waals surface area contributed by atoms with Crippen LogP contribution in [-0.4, -0.2) is 21.7 Å². The standard InChI is InChI=1S/C11H13N3O2/c12-9(6-15)7-2-1-3-8(4-7)10-5-13-11(16)14-10/h1-5,9,15H,6,12H2,(H2,13,14,16). The molecule has 0 amide bonds. The van der Waals surface area contributed by atoms with Crippen LogP contribution in [0.5, 0.6) is 0 Å². The normalized spacial score (nSPS) is 12.6. The van der Waals surface area contributed by atoms with Crippen LogP contribution < -0.4 is 11.4 Å². The molecule has 16 heavy (non-hydrogen) atoms. The van der Waals surface area contributed by atoms with Crippen LogP contribution in [0.25, 0.3) is 11.3 Å². The van der Waals surface area contributed by atoms with Crippen LogP contribution in [0.4, 0.5) is 0 Å². The van der Waals surface area contributed by atoms with Gasteiger partial charge >= 0.3 is 5.69 Å². The molecule has 0 bridgehead atoms. The first-order chi connectivity index (χ1) is 7.70. The number of imidazole rings is 1. The molecule has 0 saturated heterocycles. The molecule has 2 aromatic rings. The number of nitrogens with two attached hydrogens (primary N) is 1. The highest BCUT2D eigenvalue weighted by Gasteiger charge is 2.06. The molecule has 1 atom stereocenters. The summed E-state index contributed by atoms with van der Waals surface area (Å²) in [6.07, 6.45) is 1.60. The fraction of sp³-hybridized carbons (Fsp3) is 0.182. The zero-order chi connectivity index (χ0) is 11.5. The summed E-state index contributed by atoms with van der Waals surface area (Å²) in [4.78, 5) is 16.2. The van der Waals surface area contributed by atoms with Crippen molar-refractivity contribution in [2.45, 2.75) is 6.04 Å². The second-order valence-corrected chi connectivity index (χ2v) is 3.57. The molecule has 0 aliphatic carbocycles. The molecule has 0 aliphatic rings. The number of aliphatic hydroxyl groups is 1. The van der Waals surface area contributed by atoms with E-state index in [1.165, 1.54) is 0 Å². The highest BCUT2D eigenvalue weighted by atomic mass is 16.3. The Morgan fingerprint density at radius 2 is 2.25 bits per heavy atom. The molecular formula is C11H13N3O2. The molecule has 0 aliphatic heterocycles. The first-order valence-corrected chi connectivity index (χ1v) is 4.95. The quantitative estimate of drug-likeness (QED) is 0.600. The molecule has 0 fully saturated rings. The van der Waals surface area contributed by atoms with Crippen LogP contribution in [0.1, 0.15) is 11.6 Å². The van der Waals surface area contributed by atoms with Crippen LogP contribution in [0.2, 0.25) is 0 Å². The second-order valence-electron chi connectivity index (χ2n) is 3.57. The molecule has 0 radical (unpaired) electrons. The summed E-state index contributed by atoms with van der Waals surface area (Å²) in [6.45, 7) is -0.104. The number of hydrogen-bond acceptors (Lipinski definition) is 3. The number of aromatic nitrogens is 2.